The molecule has 1 aromatic carbocycles. The van der Waals surface area contributed by atoms with Crippen LogP contribution in [0.25, 0.3) is 11.3 Å². The number of ether oxygens (including phenoxy) is 2. The predicted molar refractivity (Wildman–Crippen MR) is 167 cm³/mol. The van der Waals surface area contributed by atoms with Gasteiger partial charge in [0, 0.05) is 37.7 Å². The number of aromatic nitrogens is 4. The number of sulfonamides is 1. The van der Waals surface area contributed by atoms with Gasteiger partial charge >= 0.3 is 6.09 Å². The van der Waals surface area contributed by atoms with E-state index in [9.17, 15) is 13.2 Å². The normalized spacial score (nSPS) is 15.2. The van der Waals surface area contributed by atoms with Crippen LogP contribution in [-0.2, 0) is 20.5 Å². The number of amides is 1. The smallest absolute Gasteiger partial charge is 0.410 e. The fourth-order valence-electron chi connectivity index (χ4n) is 4.69. The van der Waals surface area contributed by atoms with Crippen molar-refractivity contribution in [3.05, 3.63) is 84.4 Å². The van der Waals surface area contributed by atoms with Crippen LogP contribution in [0.5, 0.6) is 11.6 Å². The third-order valence-corrected chi connectivity index (χ3v) is 7.90. The van der Waals surface area contributed by atoms with E-state index >= 15 is 8.78 Å². The first-order valence-corrected chi connectivity index (χ1v) is 16.1. The van der Waals surface area contributed by atoms with Gasteiger partial charge < -0.3 is 19.7 Å². The van der Waals surface area contributed by atoms with Gasteiger partial charge in [0.2, 0.25) is 27.7 Å². The molecule has 0 unspecified atom stereocenters. The topological polar surface area (TPSA) is 149 Å². The summed E-state index contributed by atoms with van der Waals surface area (Å²) < 4.78 is 68.5. The van der Waals surface area contributed by atoms with Gasteiger partial charge in [0.05, 0.1) is 22.6 Å². The van der Waals surface area contributed by atoms with Gasteiger partial charge in [-0.15, -0.1) is 0 Å². The molecule has 1 fully saturated rings. The zero-order valence-corrected chi connectivity index (χ0v) is 26.2. The van der Waals surface area contributed by atoms with E-state index in [4.69, 9.17) is 9.47 Å². The fourth-order valence-corrected chi connectivity index (χ4v) is 5.82. The number of carbonyl (C=O) groups excluding carboxylic acids is 1. The number of pyridine rings is 2. The van der Waals surface area contributed by atoms with Gasteiger partial charge in [-0.2, -0.15) is 4.39 Å². The third kappa shape index (κ3) is 8.41. The van der Waals surface area contributed by atoms with Crippen molar-refractivity contribution in [3.8, 4) is 22.9 Å². The van der Waals surface area contributed by atoms with Crippen molar-refractivity contribution in [2.45, 2.75) is 51.0 Å². The van der Waals surface area contributed by atoms with E-state index in [2.05, 4.69) is 30.0 Å². The van der Waals surface area contributed by atoms with Crippen LogP contribution in [0, 0.1) is 11.6 Å². The Labute approximate surface area is 265 Å². The summed E-state index contributed by atoms with van der Waals surface area (Å²) in [4.78, 5) is 31.2. The highest BCUT2D eigenvalue weighted by Gasteiger charge is 2.28. The lowest BCUT2D eigenvalue weighted by Gasteiger charge is -2.34. The van der Waals surface area contributed by atoms with Crippen LogP contribution in [0.1, 0.15) is 39.3 Å². The summed E-state index contributed by atoms with van der Waals surface area (Å²) in [7, 11) is -4.09. The van der Waals surface area contributed by atoms with Crippen LogP contribution in [0.15, 0.2) is 67.1 Å². The van der Waals surface area contributed by atoms with Crippen molar-refractivity contribution in [1.82, 2.24) is 24.8 Å². The van der Waals surface area contributed by atoms with Crippen molar-refractivity contribution >= 4 is 27.8 Å². The second-order valence-corrected chi connectivity index (χ2v) is 13.3. The number of piperidine rings is 1. The molecule has 0 radical (unpaired) electrons. The SMILES string of the molecule is CC(C)(C)OC(=O)N1CCC[C@H](Nc2nccc(-c3cccnc3Oc3ccc(NS(=O)(=O)Cc4ccccn4)c(F)c3F)n2)C1. The van der Waals surface area contributed by atoms with Crippen LogP contribution in [0.4, 0.5) is 25.2 Å². The monoisotopic (exact) mass is 653 g/mol. The van der Waals surface area contributed by atoms with E-state index in [0.29, 0.717) is 30.3 Å². The summed E-state index contributed by atoms with van der Waals surface area (Å²) in [6.45, 7) is 6.44. The first kappa shape index (κ1) is 32.5. The molecule has 0 aliphatic carbocycles. The number of nitrogens with zero attached hydrogens (tertiary/aromatic N) is 5. The number of rotatable bonds is 9. The minimum atomic E-state index is -4.09. The summed E-state index contributed by atoms with van der Waals surface area (Å²) in [6.07, 6.45) is 5.55. The molecule has 5 rings (SSSR count). The Balaban J connectivity index is 1.30. The van der Waals surface area contributed by atoms with Crippen LogP contribution in [0.3, 0.4) is 0 Å². The molecule has 1 amide bonds. The molecule has 1 atom stereocenters. The largest absolute Gasteiger partial charge is 0.444 e. The lowest BCUT2D eigenvalue weighted by Crippen LogP contribution is -2.47. The standard InChI is InChI=1S/C31H33F2N7O5S/c1-31(2,3)45-30(41)40-17-7-9-20(18-40)37-29-36-16-13-23(38-29)22-10-6-15-35-28(22)44-25-12-11-24(26(32)27(25)33)39-46(42,43)19-21-8-4-5-14-34-21/h4-6,8,10-16,20,39H,7,9,17-19H2,1-3H3,(H,36,37,38)/t20-/m0/s1. The predicted octanol–water partition coefficient (Wildman–Crippen LogP) is 5.76. The van der Waals surface area contributed by atoms with Crippen LogP contribution < -0.4 is 14.8 Å². The summed E-state index contributed by atoms with van der Waals surface area (Å²) in [5, 5.41) is 3.26. The van der Waals surface area contributed by atoms with Gasteiger partial charge in [0.1, 0.15) is 11.4 Å². The zero-order valence-electron chi connectivity index (χ0n) is 25.4. The highest BCUT2D eigenvalue weighted by Crippen LogP contribution is 2.34. The summed E-state index contributed by atoms with van der Waals surface area (Å²) in [5.74, 6) is -3.66. The maximum Gasteiger partial charge on any atom is 0.410 e. The molecule has 4 aromatic rings. The number of hydrogen-bond donors (Lipinski definition) is 2. The number of nitrogens with one attached hydrogen (secondary N) is 2. The van der Waals surface area contributed by atoms with Gasteiger partial charge in [0.25, 0.3) is 0 Å². The van der Waals surface area contributed by atoms with Crippen molar-refractivity contribution in [1.29, 1.82) is 0 Å². The maximum atomic E-state index is 15.1. The Morgan fingerprint density at radius 3 is 2.57 bits per heavy atom. The minimum Gasteiger partial charge on any atom is -0.444 e. The summed E-state index contributed by atoms with van der Waals surface area (Å²) in [5.41, 5.74) is -0.190. The molecule has 1 aliphatic rings. The first-order chi connectivity index (χ1) is 21.9. The Kier molecular flexibility index (Phi) is 9.60. The molecular formula is C31H33F2N7O5S. The molecule has 0 bridgehead atoms. The van der Waals surface area contributed by atoms with E-state index in [1.807, 2.05) is 20.8 Å². The van der Waals surface area contributed by atoms with Gasteiger partial charge in [-0.25, -0.2) is 32.6 Å². The average Bonchev–Trinajstić information content (AvgIpc) is 3.01. The van der Waals surface area contributed by atoms with Gasteiger partial charge in [-0.05, 0) is 76.1 Å². The van der Waals surface area contributed by atoms with Gasteiger partial charge in [-0.1, -0.05) is 6.07 Å². The fraction of sp³-hybridized carbons (Fsp3) is 0.323. The number of likely N-dealkylation sites (tertiary alicyclic amines) is 1. The lowest BCUT2D eigenvalue weighted by atomic mass is 10.1. The lowest BCUT2D eigenvalue weighted by molar-refractivity contribution is 0.0206. The summed E-state index contributed by atoms with van der Waals surface area (Å²) >= 11 is 0. The van der Waals surface area contributed by atoms with Crippen molar-refractivity contribution in [2.24, 2.45) is 0 Å². The third-order valence-electron chi connectivity index (χ3n) is 6.69. The molecular weight excluding hydrogens is 620 g/mol. The van der Waals surface area contributed by atoms with Gasteiger partial charge in [-0.3, -0.25) is 9.71 Å². The molecule has 4 heterocycles. The number of anilines is 2. The molecule has 0 saturated carbocycles. The molecule has 12 nitrogen and oxygen atoms in total. The molecule has 3 aromatic heterocycles. The molecule has 0 spiro atoms. The van der Waals surface area contributed by atoms with E-state index in [0.717, 1.165) is 25.0 Å². The number of halogens is 2. The summed E-state index contributed by atoms with van der Waals surface area (Å²) in [6, 6.07) is 11.7. The zero-order chi connectivity index (χ0) is 32.9. The number of benzene rings is 1. The van der Waals surface area contributed by atoms with Crippen molar-refractivity contribution < 1.29 is 31.5 Å². The van der Waals surface area contributed by atoms with Crippen LogP contribution >= 0.6 is 0 Å². The molecule has 46 heavy (non-hydrogen) atoms. The highest BCUT2D eigenvalue weighted by atomic mass is 32.2. The maximum absolute atomic E-state index is 15.1. The van der Waals surface area contributed by atoms with Gasteiger partial charge in [0.15, 0.2) is 11.6 Å². The quantitative estimate of drug-likeness (QED) is 0.229. The first-order valence-electron chi connectivity index (χ1n) is 14.5. The van der Waals surface area contributed by atoms with Crippen LogP contribution in [0.2, 0.25) is 0 Å². The Bertz CT molecular complexity index is 1810. The molecule has 15 heteroatoms. The Morgan fingerprint density at radius 2 is 1.80 bits per heavy atom. The van der Waals surface area contributed by atoms with E-state index in [1.165, 1.54) is 24.7 Å². The van der Waals surface area contributed by atoms with E-state index in [-0.39, 0.29) is 23.7 Å². The highest BCUT2D eigenvalue weighted by molar-refractivity contribution is 7.91. The second kappa shape index (κ2) is 13.6. The molecule has 1 saturated heterocycles. The van der Waals surface area contributed by atoms with Crippen molar-refractivity contribution in [3.63, 3.8) is 0 Å². The molecule has 1 aliphatic heterocycles. The van der Waals surface area contributed by atoms with E-state index in [1.54, 1.807) is 35.2 Å². The minimum absolute atomic E-state index is 0.0669. The van der Waals surface area contributed by atoms with Crippen molar-refractivity contribution in [2.75, 3.05) is 23.1 Å². The molecule has 2 N–H and O–H groups in total. The van der Waals surface area contributed by atoms with Crippen LogP contribution in [-0.4, -0.2) is 64.1 Å². The Hall–Kier alpha value is -4.92. The number of carbonyl (C=O) groups is 1. The molecule has 242 valence electrons. The average molecular weight is 654 g/mol. The number of hydrogen-bond acceptors (Lipinski definition) is 10. The second-order valence-electron chi connectivity index (χ2n) is 11.6. The Morgan fingerprint density at radius 1 is 1.00 bits per heavy atom. The van der Waals surface area contributed by atoms with E-state index < -0.39 is 44.4 Å².